The molecule has 0 saturated heterocycles. The van der Waals surface area contributed by atoms with Gasteiger partial charge in [0.05, 0.1) is 4.47 Å². The van der Waals surface area contributed by atoms with Crippen LogP contribution in [0.4, 0.5) is 5.82 Å². The maximum atomic E-state index is 4.53. The first-order valence-electron chi connectivity index (χ1n) is 6.30. The van der Waals surface area contributed by atoms with Gasteiger partial charge in [0, 0.05) is 23.8 Å². The zero-order valence-electron chi connectivity index (χ0n) is 10.8. The molecule has 0 aliphatic heterocycles. The van der Waals surface area contributed by atoms with Crippen LogP contribution < -0.4 is 4.90 Å². The van der Waals surface area contributed by atoms with Gasteiger partial charge in [-0.3, -0.25) is 0 Å². The average Bonchev–Trinajstić information content (AvgIpc) is 2.39. The van der Waals surface area contributed by atoms with Gasteiger partial charge in [-0.15, -0.1) is 0 Å². The zero-order valence-corrected chi connectivity index (χ0v) is 14.0. The standard InChI is InChI=1S/C15H16Br2N2/c1-2-8-19(11-12-6-4-3-5-7-12)15-14(17)9-13(16)10-18-15/h3-7,9-10H,2,8,11H2,1H3. The molecule has 0 atom stereocenters. The van der Waals surface area contributed by atoms with E-state index in [9.17, 15) is 0 Å². The predicted octanol–water partition coefficient (Wildman–Crippen LogP) is 5.02. The molecule has 19 heavy (non-hydrogen) atoms. The van der Waals surface area contributed by atoms with Crippen LogP contribution in [0.15, 0.2) is 51.5 Å². The molecule has 2 rings (SSSR count). The third-order valence-corrected chi connectivity index (χ3v) is 3.81. The quantitative estimate of drug-likeness (QED) is 0.720. The van der Waals surface area contributed by atoms with E-state index in [0.29, 0.717) is 0 Å². The van der Waals surface area contributed by atoms with E-state index in [0.717, 1.165) is 34.3 Å². The van der Waals surface area contributed by atoms with Crippen molar-refractivity contribution in [3.63, 3.8) is 0 Å². The lowest BCUT2D eigenvalue weighted by Crippen LogP contribution is -2.24. The van der Waals surface area contributed by atoms with Gasteiger partial charge in [-0.05, 0) is 49.9 Å². The number of rotatable bonds is 5. The molecule has 0 N–H and O–H groups in total. The molecule has 1 heterocycles. The number of hydrogen-bond acceptors (Lipinski definition) is 2. The Hall–Kier alpha value is -0.870. The second kappa shape index (κ2) is 7.06. The number of hydrogen-bond donors (Lipinski definition) is 0. The summed E-state index contributed by atoms with van der Waals surface area (Å²) < 4.78 is 2.01. The lowest BCUT2D eigenvalue weighted by molar-refractivity contribution is 0.752. The Labute approximate surface area is 131 Å². The van der Waals surface area contributed by atoms with E-state index in [2.05, 4.69) is 72.9 Å². The van der Waals surface area contributed by atoms with Crippen LogP contribution in [0.2, 0.25) is 0 Å². The summed E-state index contributed by atoms with van der Waals surface area (Å²) in [5.74, 6) is 0.994. The average molecular weight is 384 g/mol. The first kappa shape index (κ1) is 14.5. The fourth-order valence-electron chi connectivity index (χ4n) is 1.97. The van der Waals surface area contributed by atoms with Gasteiger partial charge in [0.15, 0.2) is 0 Å². The van der Waals surface area contributed by atoms with E-state index in [1.807, 2.05) is 18.3 Å². The third kappa shape index (κ3) is 4.05. The molecular formula is C15H16Br2N2. The number of halogens is 2. The zero-order chi connectivity index (χ0) is 13.7. The maximum Gasteiger partial charge on any atom is 0.143 e. The van der Waals surface area contributed by atoms with Crippen LogP contribution in [0.1, 0.15) is 18.9 Å². The fourth-order valence-corrected chi connectivity index (χ4v) is 3.21. The molecule has 0 bridgehead atoms. The SMILES string of the molecule is CCCN(Cc1ccccc1)c1ncc(Br)cc1Br. The van der Waals surface area contributed by atoms with Gasteiger partial charge in [0.1, 0.15) is 5.82 Å². The first-order valence-corrected chi connectivity index (χ1v) is 7.89. The normalized spacial score (nSPS) is 10.5. The van der Waals surface area contributed by atoms with Gasteiger partial charge >= 0.3 is 0 Å². The monoisotopic (exact) mass is 382 g/mol. The molecule has 0 unspecified atom stereocenters. The van der Waals surface area contributed by atoms with Crippen LogP contribution in [0, 0.1) is 0 Å². The summed E-state index contributed by atoms with van der Waals surface area (Å²) >= 11 is 7.04. The molecule has 0 spiro atoms. The number of benzene rings is 1. The Bertz CT molecular complexity index is 529. The van der Waals surface area contributed by atoms with E-state index in [1.54, 1.807) is 0 Å². The van der Waals surface area contributed by atoms with Crippen molar-refractivity contribution >= 4 is 37.7 Å². The summed E-state index contributed by atoms with van der Waals surface area (Å²) in [6, 6.07) is 12.5. The van der Waals surface area contributed by atoms with Crippen LogP contribution in [0.5, 0.6) is 0 Å². The molecule has 1 aromatic carbocycles. The van der Waals surface area contributed by atoms with Gasteiger partial charge in [0.25, 0.3) is 0 Å². The van der Waals surface area contributed by atoms with Crippen LogP contribution >= 0.6 is 31.9 Å². The molecule has 100 valence electrons. The highest BCUT2D eigenvalue weighted by atomic mass is 79.9. The first-order chi connectivity index (χ1) is 9.20. The Kier molecular flexibility index (Phi) is 5.40. The van der Waals surface area contributed by atoms with Gasteiger partial charge < -0.3 is 4.90 Å². The fraction of sp³-hybridized carbons (Fsp3) is 0.267. The second-order valence-electron chi connectivity index (χ2n) is 4.37. The van der Waals surface area contributed by atoms with Crippen LogP contribution in [-0.4, -0.2) is 11.5 Å². The van der Waals surface area contributed by atoms with Crippen LogP contribution in [-0.2, 0) is 6.54 Å². The Balaban J connectivity index is 2.24. The smallest absolute Gasteiger partial charge is 0.143 e. The van der Waals surface area contributed by atoms with Gasteiger partial charge in [0.2, 0.25) is 0 Å². The van der Waals surface area contributed by atoms with E-state index in [4.69, 9.17) is 0 Å². The van der Waals surface area contributed by atoms with E-state index in [-0.39, 0.29) is 0 Å². The summed E-state index contributed by atoms with van der Waals surface area (Å²) in [6.07, 6.45) is 2.94. The highest BCUT2D eigenvalue weighted by Crippen LogP contribution is 2.27. The second-order valence-corrected chi connectivity index (χ2v) is 6.14. The molecule has 0 aliphatic carbocycles. The minimum absolute atomic E-state index is 0.877. The van der Waals surface area contributed by atoms with E-state index < -0.39 is 0 Å². The molecule has 0 saturated carbocycles. The molecule has 0 radical (unpaired) electrons. The van der Waals surface area contributed by atoms with Crippen molar-refractivity contribution in [2.24, 2.45) is 0 Å². The van der Waals surface area contributed by atoms with E-state index >= 15 is 0 Å². The van der Waals surface area contributed by atoms with Crippen LogP contribution in [0.25, 0.3) is 0 Å². The van der Waals surface area contributed by atoms with Gasteiger partial charge in [-0.25, -0.2) is 4.98 Å². The Morgan fingerprint density at radius 3 is 2.53 bits per heavy atom. The molecular weight excluding hydrogens is 368 g/mol. The molecule has 0 aliphatic rings. The van der Waals surface area contributed by atoms with Crippen molar-refractivity contribution < 1.29 is 0 Å². The minimum atomic E-state index is 0.877. The lowest BCUT2D eigenvalue weighted by Gasteiger charge is -2.24. The summed E-state index contributed by atoms with van der Waals surface area (Å²) in [4.78, 5) is 6.82. The molecule has 2 nitrogen and oxygen atoms in total. The Morgan fingerprint density at radius 1 is 1.16 bits per heavy atom. The Morgan fingerprint density at radius 2 is 1.89 bits per heavy atom. The predicted molar refractivity (Wildman–Crippen MR) is 87.4 cm³/mol. The summed E-state index contributed by atoms with van der Waals surface area (Å²) in [5.41, 5.74) is 1.30. The van der Waals surface area contributed by atoms with Crippen molar-refractivity contribution in [1.82, 2.24) is 4.98 Å². The van der Waals surface area contributed by atoms with Crippen molar-refractivity contribution in [3.05, 3.63) is 57.1 Å². The van der Waals surface area contributed by atoms with Crippen molar-refractivity contribution in [2.75, 3.05) is 11.4 Å². The minimum Gasteiger partial charge on any atom is -0.351 e. The van der Waals surface area contributed by atoms with Crippen LogP contribution in [0.3, 0.4) is 0 Å². The molecule has 2 aromatic rings. The summed E-state index contributed by atoms with van der Waals surface area (Å²) in [5, 5.41) is 0. The van der Waals surface area contributed by atoms with Crippen molar-refractivity contribution in [1.29, 1.82) is 0 Å². The number of aromatic nitrogens is 1. The summed E-state index contributed by atoms with van der Waals surface area (Å²) in [7, 11) is 0. The maximum absolute atomic E-state index is 4.53. The topological polar surface area (TPSA) is 16.1 Å². The number of pyridine rings is 1. The third-order valence-electron chi connectivity index (χ3n) is 2.80. The molecule has 0 amide bonds. The molecule has 4 heteroatoms. The highest BCUT2D eigenvalue weighted by Gasteiger charge is 2.11. The van der Waals surface area contributed by atoms with Gasteiger partial charge in [-0.1, -0.05) is 37.3 Å². The number of anilines is 1. The lowest BCUT2D eigenvalue weighted by atomic mass is 10.2. The molecule has 1 aromatic heterocycles. The molecule has 0 fully saturated rings. The largest absolute Gasteiger partial charge is 0.351 e. The summed E-state index contributed by atoms with van der Waals surface area (Å²) in [6.45, 7) is 4.05. The van der Waals surface area contributed by atoms with Crippen molar-refractivity contribution in [2.45, 2.75) is 19.9 Å². The van der Waals surface area contributed by atoms with Gasteiger partial charge in [-0.2, -0.15) is 0 Å². The van der Waals surface area contributed by atoms with E-state index in [1.165, 1.54) is 5.56 Å². The highest BCUT2D eigenvalue weighted by molar-refractivity contribution is 9.11. The number of nitrogens with zero attached hydrogens (tertiary/aromatic N) is 2. The van der Waals surface area contributed by atoms with Crippen molar-refractivity contribution in [3.8, 4) is 0 Å².